The minimum absolute atomic E-state index is 0.00242. The molecule has 5 rings (SSSR count). The average molecular weight is 418 g/mol. The Morgan fingerprint density at radius 2 is 2.03 bits per heavy atom. The summed E-state index contributed by atoms with van der Waals surface area (Å²) in [6.45, 7) is 3.24. The van der Waals surface area contributed by atoms with Gasteiger partial charge in [-0.05, 0) is 43.6 Å². The highest BCUT2D eigenvalue weighted by Gasteiger charge is 2.39. The molecule has 3 aliphatic heterocycles. The predicted octanol–water partition coefficient (Wildman–Crippen LogP) is 1.89. The molecule has 3 amide bonds. The first kappa shape index (κ1) is 19.1. The first-order valence-electron chi connectivity index (χ1n) is 10.6. The minimum Gasteiger partial charge on any atom is -0.381 e. The lowest BCUT2D eigenvalue weighted by atomic mass is 9.97. The van der Waals surface area contributed by atoms with Crippen LogP contribution in [0.4, 0.5) is 5.00 Å². The molecule has 156 valence electrons. The number of rotatable bonds is 3. The van der Waals surface area contributed by atoms with Gasteiger partial charge in [-0.25, -0.2) is 0 Å². The molecule has 0 N–H and O–H groups in total. The molecule has 0 radical (unpaired) electrons. The Kier molecular flexibility index (Phi) is 4.86. The highest BCUT2D eigenvalue weighted by atomic mass is 32.1. The van der Waals surface area contributed by atoms with E-state index >= 15 is 0 Å². The maximum absolute atomic E-state index is 13.1. The van der Waals surface area contributed by atoms with Crippen molar-refractivity contribution in [3.05, 3.63) is 16.0 Å². The van der Waals surface area contributed by atoms with Gasteiger partial charge in [0.15, 0.2) is 0 Å². The summed E-state index contributed by atoms with van der Waals surface area (Å²) in [5.74, 6) is 0.591. The van der Waals surface area contributed by atoms with Crippen LogP contribution in [0.3, 0.4) is 0 Å². The van der Waals surface area contributed by atoms with Crippen LogP contribution in [0, 0.1) is 11.8 Å². The van der Waals surface area contributed by atoms with Crippen LogP contribution in [0.1, 0.15) is 46.5 Å². The smallest absolute Gasteiger partial charge is 0.257 e. The molecule has 1 atom stereocenters. The molecule has 1 aromatic rings. The molecular weight excluding hydrogens is 390 g/mol. The number of amides is 3. The molecule has 1 aromatic heterocycles. The maximum atomic E-state index is 13.1. The van der Waals surface area contributed by atoms with Gasteiger partial charge in [0.1, 0.15) is 11.5 Å². The quantitative estimate of drug-likeness (QED) is 0.753. The van der Waals surface area contributed by atoms with Gasteiger partial charge < -0.3 is 19.4 Å². The zero-order chi connectivity index (χ0) is 20.1. The number of anilines is 1. The van der Waals surface area contributed by atoms with Crippen molar-refractivity contribution >= 4 is 34.1 Å². The Bertz CT molecular complexity index is 856. The molecule has 1 saturated heterocycles. The Morgan fingerprint density at radius 3 is 2.76 bits per heavy atom. The van der Waals surface area contributed by atoms with Crippen LogP contribution < -0.4 is 4.90 Å². The topological polar surface area (TPSA) is 70.2 Å². The summed E-state index contributed by atoms with van der Waals surface area (Å²) < 4.78 is 5.50. The third-order valence-corrected chi connectivity index (χ3v) is 7.72. The van der Waals surface area contributed by atoms with Crippen LogP contribution in [-0.2, 0) is 27.3 Å². The van der Waals surface area contributed by atoms with Crippen molar-refractivity contribution in [2.75, 3.05) is 44.8 Å². The van der Waals surface area contributed by atoms with Crippen molar-refractivity contribution in [1.29, 1.82) is 0 Å². The van der Waals surface area contributed by atoms with Crippen molar-refractivity contribution in [3.63, 3.8) is 0 Å². The van der Waals surface area contributed by atoms with Crippen LogP contribution >= 0.6 is 11.3 Å². The van der Waals surface area contributed by atoms with Crippen LogP contribution in [0.25, 0.3) is 0 Å². The number of nitrogens with zero attached hydrogens (tertiary/aromatic N) is 3. The summed E-state index contributed by atoms with van der Waals surface area (Å²) in [6, 6.07) is 0. The summed E-state index contributed by atoms with van der Waals surface area (Å²) in [4.78, 5) is 45.2. The van der Waals surface area contributed by atoms with Gasteiger partial charge in [0, 0.05) is 31.6 Å². The maximum Gasteiger partial charge on any atom is 0.257 e. The van der Waals surface area contributed by atoms with Crippen molar-refractivity contribution in [2.45, 2.75) is 38.6 Å². The highest BCUT2D eigenvalue weighted by molar-refractivity contribution is 7.17. The van der Waals surface area contributed by atoms with E-state index in [1.807, 2.05) is 9.80 Å². The van der Waals surface area contributed by atoms with Gasteiger partial charge in [-0.15, -0.1) is 11.3 Å². The number of ether oxygens (including phenoxy) is 1. The Hall–Kier alpha value is -1.93. The number of hydrogen-bond donors (Lipinski definition) is 0. The van der Waals surface area contributed by atoms with E-state index in [1.165, 1.54) is 16.2 Å². The van der Waals surface area contributed by atoms with Gasteiger partial charge in [0.05, 0.1) is 24.6 Å². The average Bonchev–Trinajstić information content (AvgIpc) is 3.49. The number of hydrogen-bond acceptors (Lipinski definition) is 5. The largest absolute Gasteiger partial charge is 0.381 e. The summed E-state index contributed by atoms with van der Waals surface area (Å²) >= 11 is 1.54. The number of carbonyl (C=O) groups is 3. The van der Waals surface area contributed by atoms with Crippen molar-refractivity contribution in [1.82, 2.24) is 9.80 Å². The molecule has 1 saturated carbocycles. The van der Waals surface area contributed by atoms with Crippen molar-refractivity contribution in [2.24, 2.45) is 11.8 Å². The standard InChI is InChI=1S/C21H27N3O4S/c1-22-11-17(25)24(9-13-4-5-13)21-18(20(22)27)15-6-7-23(10-16(15)29-21)19(26)14-3-2-8-28-12-14/h13-14H,2-12H2,1H3. The fourth-order valence-electron chi connectivity index (χ4n) is 4.59. The molecule has 2 fully saturated rings. The molecular formula is C21H27N3O4S. The fourth-order valence-corrected chi connectivity index (χ4v) is 5.97. The molecule has 0 spiro atoms. The van der Waals surface area contributed by atoms with Crippen LogP contribution in [0.2, 0.25) is 0 Å². The van der Waals surface area contributed by atoms with E-state index in [1.54, 1.807) is 7.05 Å². The second kappa shape index (κ2) is 7.40. The van der Waals surface area contributed by atoms with Gasteiger partial charge in [-0.3, -0.25) is 14.4 Å². The van der Waals surface area contributed by atoms with Gasteiger partial charge in [-0.1, -0.05) is 0 Å². The van der Waals surface area contributed by atoms with Crippen molar-refractivity contribution < 1.29 is 19.1 Å². The molecule has 0 bridgehead atoms. The van der Waals surface area contributed by atoms with Crippen molar-refractivity contribution in [3.8, 4) is 0 Å². The highest BCUT2D eigenvalue weighted by Crippen LogP contribution is 2.43. The van der Waals surface area contributed by atoms with E-state index < -0.39 is 0 Å². The zero-order valence-electron chi connectivity index (χ0n) is 16.8. The number of fused-ring (bicyclic) bond motifs is 3. The normalized spacial score (nSPS) is 25.0. The zero-order valence-corrected chi connectivity index (χ0v) is 17.6. The van der Waals surface area contributed by atoms with Gasteiger partial charge in [0.2, 0.25) is 11.8 Å². The Balaban J connectivity index is 1.45. The van der Waals surface area contributed by atoms with E-state index in [-0.39, 0.29) is 30.2 Å². The number of thiophene rings is 1. The second-order valence-corrected chi connectivity index (χ2v) is 9.80. The Morgan fingerprint density at radius 1 is 1.21 bits per heavy atom. The van der Waals surface area contributed by atoms with Gasteiger partial charge >= 0.3 is 0 Å². The van der Waals surface area contributed by atoms with E-state index in [2.05, 4.69) is 0 Å². The molecule has 4 aliphatic rings. The summed E-state index contributed by atoms with van der Waals surface area (Å²) in [5.41, 5.74) is 1.74. The molecule has 1 aliphatic carbocycles. The summed E-state index contributed by atoms with van der Waals surface area (Å²) in [7, 11) is 1.70. The second-order valence-electron chi connectivity index (χ2n) is 8.72. The fraction of sp³-hybridized carbons (Fsp3) is 0.667. The summed E-state index contributed by atoms with van der Waals surface area (Å²) in [6.07, 6.45) is 4.79. The first-order chi connectivity index (χ1) is 14.0. The number of carbonyl (C=O) groups excluding carboxylic acids is 3. The lowest BCUT2D eigenvalue weighted by Crippen LogP contribution is -2.42. The van der Waals surface area contributed by atoms with E-state index in [4.69, 9.17) is 4.74 Å². The first-order valence-corrected chi connectivity index (χ1v) is 11.4. The minimum atomic E-state index is -0.0652. The molecule has 29 heavy (non-hydrogen) atoms. The SMILES string of the molecule is CN1CC(=O)N(CC2CC2)c2sc3c(c2C1=O)CCN(C(=O)C1CCCOC1)C3. The molecule has 1 unspecified atom stereocenters. The van der Waals surface area contributed by atoms with Gasteiger partial charge in [-0.2, -0.15) is 0 Å². The van der Waals surface area contributed by atoms with Crippen LogP contribution in [0.15, 0.2) is 0 Å². The number of likely N-dealkylation sites (N-methyl/N-ethyl adjacent to an activating group) is 1. The van der Waals surface area contributed by atoms with E-state index in [0.29, 0.717) is 44.1 Å². The van der Waals surface area contributed by atoms with E-state index in [0.717, 1.165) is 47.7 Å². The van der Waals surface area contributed by atoms with Gasteiger partial charge in [0.25, 0.3) is 5.91 Å². The lowest BCUT2D eigenvalue weighted by Gasteiger charge is -2.32. The lowest BCUT2D eigenvalue weighted by molar-refractivity contribution is -0.140. The van der Waals surface area contributed by atoms with E-state index in [9.17, 15) is 14.4 Å². The third-order valence-electron chi connectivity index (χ3n) is 6.48. The molecule has 8 heteroatoms. The Labute approximate surface area is 174 Å². The van der Waals surface area contributed by atoms with Crippen LogP contribution in [0.5, 0.6) is 0 Å². The van der Waals surface area contributed by atoms with Crippen LogP contribution in [-0.4, -0.2) is 67.4 Å². The molecule has 7 nitrogen and oxygen atoms in total. The monoisotopic (exact) mass is 417 g/mol. The predicted molar refractivity (Wildman–Crippen MR) is 109 cm³/mol. The molecule has 4 heterocycles. The molecule has 0 aromatic carbocycles. The summed E-state index contributed by atoms with van der Waals surface area (Å²) in [5, 5.41) is 0.802. The third kappa shape index (κ3) is 3.46.